The monoisotopic (exact) mass is 319 g/mol. The van der Waals surface area contributed by atoms with Crippen LogP contribution >= 0.6 is 11.6 Å². The first-order valence-electron chi connectivity index (χ1n) is 7.42. The average Bonchev–Trinajstić information content (AvgIpc) is 3.05. The molecule has 0 unspecified atom stereocenters. The van der Waals surface area contributed by atoms with Crippen molar-refractivity contribution in [2.45, 2.75) is 6.54 Å². The summed E-state index contributed by atoms with van der Waals surface area (Å²) in [5, 5.41) is 6.32. The van der Waals surface area contributed by atoms with Crippen molar-refractivity contribution in [3.8, 4) is 11.3 Å². The Hall–Kier alpha value is -2.65. The second-order valence-electron chi connectivity index (χ2n) is 5.41. The topological polar surface area (TPSA) is 30.7 Å². The van der Waals surface area contributed by atoms with Crippen molar-refractivity contribution in [1.29, 1.82) is 0 Å². The molecule has 0 aliphatic carbocycles. The number of pyridine rings is 1. The lowest BCUT2D eigenvalue weighted by Crippen LogP contribution is -2.00. The lowest BCUT2D eigenvalue weighted by atomic mass is 10.1. The second kappa shape index (κ2) is 5.86. The third kappa shape index (κ3) is 2.83. The normalized spacial score (nSPS) is 11.0. The number of halogens is 1. The molecule has 112 valence electrons. The summed E-state index contributed by atoms with van der Waals surface area (Å²) in [6.07, 6.45) is 3.84. The fourth-order valence-electron chi connectivity index (χ4n) is 2.61. The Morgan fingerprint density at radius 2 is 1.74 bits per heavy atom. The molecule has 3 nitrogen and oxygen atoms in total. The highest BCUT2D eigenvalue weighted by Gasteiger charge is 2.06. The Morgan fingerprint density at radius 1 is 0.913 bits per heavy atom. The van der Waals surface area contributed by atoms with Gasteiger partial charge in [0.15, 0.2) is 0 Å². The fraction of sp³-hybridized carbons (Fsp3) is 0.0526. The highest BCUT2D eigenvalue weighted by molar-refractivity contribution is 6.31. The number of aromatic nitrogens is 3. The van der Waals surface area contributed by atoms with E-state index < -0.39 is 0 Å². The summed E-state index contributed by atoms with van der Waals surface area (Å²) in [5.41, 5.74) is 3.97. The number of benzene rings is 2. The minimum Gasteiger partial charge on any atom is -0.268 e. The molecule has 2 heterocycles. The van der Waals surface area contributed by atoms with E-state index in [1.54, 1.807) is 0 Å². The predicted octanol–water partition coefficient (Wildman–Crippen LogP) is 4.80. The number of para-hydroxylation sites is 1. The van der Waals surface area contributed by atoms with E-state index in [4.69, 9.17) is 16.6 Å². The van der Waals surface area contributed by atoms with Crippen molar-refractivity contribution in [3.63, 3.8) is 0 Å². The SMILES string of the molecule is Clc1ccccc1Cn1cc(-c2ccc3ccccc3n2)cn1. The van der Waals surface area contributed by atoms with Crippen LogP contribution in [0.5, 0.6) is 0 Å². The molecule has 0 aliphatic rings. The van der Waals surface area contributed by atoms with Gasteiger partial charge in [0.25, 0.3) is 0 Å². The lowest BCUT2D eigenvalue weighted by molar-refractivity contribution is 0.687. The largest absolute Gasteiger partial charge is 0.268 e. The van der Waals surface area contributed by atoms with Gasteiger partial charge in [0.1, 0.15) is 0 Å². The summed E-state index contributed by atoms with van der Waals surface area (Å²) in [6, 6.07) is 20.0. The van der Waals surface area contributed by atoms with E-state index in [2.05, 4.69) is 17.2 Å². The van der Waals surface area contributed by atoms with Gasteiger partial charge >= 0.3 is 0 Å². The number of hydrogen-bond acceptors (Lipinski definition) is 2. The van der Waals surface area contributed by atoms with Crippen LogP contribution in [-0.4, -0.2) is 14.8 Å². The zero-order valence-electron chi connectivity index (χ0n) is 12.4. The van der Waals surface area contributed by atoms with Crippen molar-refractivity contribution in [2.24, 2.45) is 0 Å². The zero-order valence-corrected chi connectivity index (χ0v) is 13.1. The van der Waals surface area contributed by atoms with Gasteiger partial charge in [-0.05, 0) is 23.8 Å². The number of nitrogens with zero attached hydrogens (tertiary/aromatic N) is 3. The summed E-state index contributed by atoms with van der Waals surface area (Å²) in [4.78, 5) is 4.70. The van der Waals surface area contributed by atoms with Crippen molar-refractivity contribution in [2.75, 3.05) is 0 Å². The first-order valence-corrected chi connectivity index (χ1v) is 7.79. The van der Waals surface area contributed by atoms with E-state index in [0.29, 0.717) is 6.54 Å². The van der Waals surface area contributed by atoms with Gasteiger partial charge in [-0.2, -0.15) is 5.10 Å². The Bertz CT molecular complexity index is 975. The minimum absolute atomic E-state index is 0.646. The summed E-state index contributed by atoms with van der Waals surface area (Å²) >= 11 is 6.21. The van der Waals surface area contributed by atoms with Gasteiger partial charge in [-0.3, -0.25) is 4.68 Å². The van der Waals surface area contributed by atoms with Gasteiger partial charge in [0.05, 0.1) is 24.0 Å². The Labute approximate surface area is 139 Å². The molecule has 2 aromatic carbocycles. The predicted molar refractivity (Wildman–Crippen MR) is 93.5 cm³/mol. The molecule has 4 rings (SSSR count). The van der Waals surface area contributed by atoms with E-state index in [-0.39, 0.29) is 0 Å². The van der Waals surface area contributed by atoms with Gasteiger partial charge < -0.3 is 0 Å². The Balaban J connectivity index is 1.65. The quantitative estimate of drug-likeness (QED) is 0.543. The molecule has 0 aliphatic heterocycles. The highest BCUT2D eigenvalue weighted by atomic mass is 35.5. The van der Waals surface area contributed by atoms with E-state index in [1.807, 2.05) is 65.6 Å². The maximum Gasteiger partial charge on any atom is 0.0741 e. The molecule has 0 saturated heterocycles. The number of rotatable bonds is 3. The van der Waals surface area contributed by atoms with Crippen LogP contribution in [0.25, 0.3) is 22.2 Å². The van der Waals surface area contributed by atoms with Crippen LogP contribution in [0, 0.1) is 0 Å². The summed E-state index contributed by atoms with van der Waals surface area (Å²) in [7, 11) is 0. The van der Waals surface area contributed by atoms with Crippen molar-refractivity contribution in [1.82, 2.24) is 14.8 Å². The van der Waals surface area contributed by atoms with Gasteiger partial charge in [0.2, 0.25) is 0 Å². The number of fused-ring (bicyclic) bond motifs is 1. The third-order valence-electron chi connectivity index (χ3n) is 3.82. The molecular formula is C19H14ClN3. The molecule has 0 spiro atoms. The van der Waals surface area contributed by atoms with E-state index in [9.17, 15) is 0 Å². The maximum absolute atomic E-state index is 6.21. The van der Waals surface area contributed by atoms with E-state index in [0.717, 1.165) is 32.7 Å². The van der Waals surface area contributed by atoms with Crippen LogP contribution in [0.4, 0.5) is 0 Å². The molecule has 0 bridgehead atoms. The molecule has 0 radical (unpaired) electrons. The second-order valence-corrected chi connectivity index (χ2v) is 5.81. The van der Waals surface area contributed by atoms with Crippen LogP contribution in [-0.2, 0) is 6.54 Å². The molecule has 0 saturated carbocycles. The van der Waals surface area contributed by atoms with Crippen LogP contribution in [0.3, 0.4) is 0 Å². The molecule has 0 amide bonds. The minimum atomic E-state index is 0.646. The summed E-state index contributed by atoms with van der Waals surface area (Å²) in [5.74, 6) is 0. The van der Waals surface area contributed by atoms with Crippen LogP contribution < -0.4 is 0 Å². The standard InChI is InChI=1S/C19H14ClN3/c20-17-7-3-1-6-15(17)12-23-13-16(11-21-23)19-10-9-14-5-2-4-8-18(14)22-19/h1-11,13H,12H2. The highest BCUT2D eigenvalue weighted by Crippen LogP contribution is 2.21. The molecule has 2 aromatic heterocycles. The van der Waals surface area contributed by atoms with Crippen molar-refractivity contribution < 1.29 is 0 Å². The first kappa shape index (κ1) is 14.0. The lowest BCUT2D eigenvalue weighted by Gasteiger charge is -2.04. The van der Waals surface area contributed by atoms with Crippen LogP contribution in [0.1, 0.15) is 5.56 Å². The fourth-order valence-corrected chi connectivity index (χ4v) is 2.81. The molecule has 0 fully saturated rings. The van der Waals surface area contributed by atoms with E-state index >= 15 is 0 Å². The molecule has 23 heavy (non-hydrogen) atoms. The summed E-state index contributed by atoms with van der Waals surface area (Å²) < 4.78 is 1.88. The molecule has 4 heteroatoms. The maximum atomic E-state index is 6.21. The summed E-state index contributed by atoms with van der Waals surface area (Å²) in [6.45, 7) is 0.646. The smallest absolute Gasteiger partial charge is 0.0741 e. The molecule has 0 N–H and O–H groups in total. The van der Waals surface area contributed by atoms with Gasteiger partial charge in [0, 0.05) is 22.2 Å². The molecule has 4 aromatic rings. The van der Waals surface area contributed by atoms with Gasteiger partial charge in [-0.15, -0.1) is 0 Å². The van der Waals surface area contributed by atoms with Gasteiger partial charge in [-0.25, -0.2) is 4.98 Å². The van der Waals surface area contributed by atoms with Crippen LogP contribution in [0.15, 0.2) is 73.1 Å². The number of hydrogen-bond donors (Lipinski definition) is 0. The van der Waals surface area contributed by atoms with Crippen molar-refractivity contribution in [3.05, 3.63) is 83.6 Å². The third-order valence-corrected chi connectivity index (χ3v) is 4.19. The van der Waals surface area contributed by atoms with E-state index in [1.165, 1.54) is 0 Å². The molecular weight excluding hydrogens is 306 g/mol. The van der Waals surface area contributed by atoms with Crippen molar-refractivity contribution >= 4 is 22.5 Å². The Kier molecular flexibility index (Phi) is 3.56. The zero-order chi connectivity index (χ0) is 15.6. The van der Waals surface area contributed by atoms with Crippen LogP contribution in [0.2, 0.25) is 5.02 Å². The molecule has 0 atom stereocenters. The average molecular weight is 320 g/mol. The first-order chi connectivity index (χ1) is 11.3. The Morgan fingerprint density at radius 3 is 2.65 bits per heavy atom. The van der Waals surface area contributed by atoms with Gasteiger partial charge in [-0.1, -0.05) is 54.1 Å².